The van der Waals surface area contributed by atoms with E-state index in [1.165, 1.54) is 0 Å². The fourth-order valence-electron chi connectivity index (χ4n) is 1.16. The van der Waals surface area contributed by atoms with Gasteiger partial charge in [-0.1, -0.05) is 15.9 Å². The molecule has 88 valence electrons. The molecule has 0 saturated carbocycles. The van der Waals surface area contributed by atoms with Crippen molar-refractivity contribution < 1.29 is 9.53 Å². The lowest BCUT2D eigenvalue weighted by atomic mass is 10.2. The van der Waals surface area contributed by atoms with Gasteiger partial charge in [0.2, 0.25) is 0 Å². The molecular weight excluding hydrogens is 404 g/mol. The number of carbonyl (C=O) groups excluding carboxylic acids is 1. The summed E-state index contributed by atoms with van der Waals surface area (Å²) >= 11 is 10.2. The third-order valence-electron chi connectivity index (χ3n) is 1.88. The molecule has 0 aliphatic carbocycles. The number of hydrogen-bond donors (Lipinski definition) is 0. The number of ketones is 1. The van der Waals surface area contributed by atoms with Gasteiger partial charge in [0.1, 0.15) is 11.5 Å². The average molecular weight is 415 g/mol. The molecule has 1 aromatic rings. The van der Waals surface area contributed by atoms with Crippen molar-refractivity contribution in [2.24, 2.45) is 0 Å². The third kappa shape index (κ3) is 4.55. The van der Waals surface area contributed by atoms with E-state index >= 15 is 0 Å². The minimum absolute atomic E-state index is 0.192. The van der Waals surface area contributed by atoms with Crippen molar-refractivity contribution in [2.45, 2.75) is 19.8 Å². The first kappa shape index (κ1) is 14.2. The highest BCUT2D eigenvalue weighted by Gasteiger charge is 2.08. The molecule has 0 atom stereocenters. The minimum atomic E-state index is 0.192. The Morgan fingerprint density at radius 2 is 1.81 bits per heavy atom. The molecule has 0 spiro atoms. The minimum Gasteiger partial charge on any atom is -0.491 e. The fourth-order valence-corrected chi connectivity index (χ4v) is 3.65. The maximum atomic E-state index is 10.8. The number of hydrogen-bond acceptors (Lipinski definition) is 2. The van der Waals surface area contributed by atoms with Crippen molar-refractivity contribution in [2.75, 3.05) is 6.61 Å². The van der Waals surface area contributed by atoms with E-state index in [0.29, 0.717) is 13.0 Å². The number of benzene rings is 1. The van der Waals surface area contributed by atoms with Crippen LogP contribution in [-0.4, -0.2) is 12.4 Å². The van der Waals surface area contributed by atoms with Gasteiger partial charge in [0.15, 0.2) is 0 Å². The molecule has 0 unspecified atom stereocenters. The van der Waals surface area contributed by atoms with Gasteiger partial charge < -0.3 is 9.53 Å². The lowest BCUT2D eigenvalue weighted by Gasteiger charge is -2.10. The van der Waals surface area contributed by atoms with Crippen molar-refractivity contribution in [3.05, 3.63) is 25.6 Å². The van der Waals surface area contributed by atoms with E-state index in [0.717, 1.165) is 25.6 Å². The Hall–Kier alpha value is 0.130. The summed E-state index contributed by atoms with van der Waals surface area (Å²) in [5, 5.41) is 0. The summed E-state index contributed by atoms with van der Waals surface area (Å²) in [4.78, 5) is 10.8. The second-order valence-electron chi connectivity index (χ2n) is 3.35. The second kappa shape index (κ2) is 6.77. The lowest BCUT2D eigenvalue weighted by Crippen LogP contribution is -2.01. The van der Waals surface area contributed by atoms with Gasteiger partial charge in [0.25, 0.3) is 0 Å². The smallest absolute Gasteiger partial charge is 0.147 e. The highest BCUT2D eigenvalue weighted by atomic mass is 79.9. The Balaban J connectivity index is 2.57. The van der Waals surface area contributed by atoms with E-state index in [2.05, 4.69) is 47.8 Å². The summed E-state index contributed by atoms with van der Waals surface area (Å²) < 4.78 is 8.35. The van der Waals surface area contributed by atoms with Gasteiger partial charge in [-0.25, -0.2) is 0 Å². The van der Waals surface area contributed by atoms with E-state index in [9.17, 15) is 4.79 Å². The average Bonchev–Trinajstić information content (AvgIpc) is 2.14. The normalized spacial score (nSPS) is 10.2. The topological polar surface area (TPSA) is 26.3 Å². The fraction of sp³-hybridized carbons (Fsp3) is 0.364. The molecule has 1 aromatic carbocycles. The van der Waals surface area contributed by atoms with Crippen LogP contribution in [0.2, 0.25) is 0 Å². The number of halogens is 3. The van der Waals surface area contributed by atoms with Crippen molar-refractivity contribution in [1.29, 1.82) is 0 Å². The second-order valence-corrected chi connectivity index (χ2v) is 5.98. The molecule has 0 aromatic heterocycles. The van der Waals surface area contributed by atoms with Crippen LogP contribution in [0.4, 0.5) is 0 Å². The molecule has 0 amide bonds. The number of ether oxygens (including phenoxy) is 1. The zero-order valence-electron chi connectivity index (χ0n) is 8.73. The van der Waals surface area contributed by atoms with Gasteiger partial charge in [-0.3, -0.25) is 0 Å². The van der Waals surface area contributed by atoms with Gasteiger partial charge in [0, 0.05) is 10.9 Å². The van der Waals surface area contributed by atoms with Crippen LogP contribution in [-0.2, 0) is 4.79 Å². The van der Waals surface area contributed by atoms with Crippen LogP contribution >= 0.6 is 47.8 Å². The molecule has 0 bridgehead atoms. The van der Waals surface area contributed by atoms with Crippen molar-refractivity contribution in [3.63, 3.8) is 0 Å². The van der Waals surface area contributed by atoms with E-state index in [1.807, 2.05) is 12.1 Å². The van der Waals surface area contributed by atoms with Crippen LogP contribution < -0.4 is 4.74 Å². The zero-order chi connectivity index (χ0) is 12.1. The predicted octanol–water partition coefficient (Wildman–Crippen LogP) is 4.72. The Kier molecular flexibility index (Phi) is 6.00. The lowest BCUT2D eigenvalue weighted by molar-refractivity contribution is -0.117. The Morgan fingerprint density at radius 3 is 2.31 bits per heavy atom. The molecule has 0 N–H and O–H groups in total. The van der Waals surface area contributed by atoms with Crippen molar-refractivity contribution >= 4 is 53.6 Å². The first-order valence-corrected chi connectivity index (χ1v) is 7.15. The maximum Gasteiger partial charge on any atom is 0.147 e. The quantitative estimate of drug-likeness (QED) is 0.651. The van der Waals surface area contributed by atoms with Gasteiger partial charge in [-0.05, 0) is 57.3 Å². The van der Waals surface area contributed by atoms with E-state index in [1.54, 1.807) is 6.92 Å². The molecule has 0 radical (unpaired) electrons. The van der Waals surface area contributed by atoms with Crippen molar-refractivity contribution in [3.8, 4) is 5.75 Å². The van der Waals surface area contributed by atoms with E-state index in [4.69, 9.17) is 4.74 Å². The van der Waals surface area contributed by atoms with E-state index < -0.39 is 0 Å². The molecule has 0 aliphatic rings. The van der Waals surface area contributed by atoms with Crippen LogP contribution in [0.5, 0.6) is 5.75 Å². The zero-order valence-corrected chi connectivity index (χ0v) is 13.5. The molecule has 1 rings (SSSR count). The number of carbonyl (C=O) groups is 1. The molecule has 0 aliphatic heterocycles. The highest BCUT2D eigenvalue weighted by Crippen LogP contribution is 2.36. The van der Waals surface area contributed by atoms with Gasteiger partial charge >= 0.3 is 0 Å². The van der Waals surface area contributed by atoms with Crippen molar-refractivity contribution in [1.82, 2.24) is 0 Å². The summed E-state index contributed by atoms with van der Waals surface area (Å²) in [6.07, 6.45) is 1.30. The summed E-state index contributed by atoms with van der Waals surface area (Å²) in [7, 11) is 0. The first-order valence-electron chi connectivity index (χ1n) is 4.77. The third-order valence-corrected chi connectivity index (χ3v) is 3.52. The molecule has 2 nitrogen and oxygen atoms in total. The van der Waals surface area contributed by atoms with Gasteiger partial charge in [0.05, 0.1) is 15.6 Å². The van der Waals surface area contributed by atoms with Crippen LogP contribution in [0, 0.1) is 0 Å². The van der Waals surface area contributed by atoms with Crippen LogP contribution in [0.15, 0.2) is 25.6 Å². The SMILES string of the molecule is CC(=O)CCCOc1c(Br)cc(Br)cc1Br. The number of Topliss-reactive ketones (excluding diaryl/α,β-unsaturated/α-hetero) is 1. The first-order chi connectivity index (χ1) is 7.50. The monoisotopic (exact) mass is 412 g/mol. The molecule has 0 heterocycles. The Morgan fingerprint density at radius 1 is 1.25 bits per heavy atom. The van der Waals surface area contributed by atoms with Gasteiger partial charge in [-0.15, -0.1) is 0 Å². The largest absolute Gasteiger partial charge is 0.491 e. The molecule has 0 fully saturated rings. The van der Waals surface area contributed by atoms with E-state index in [-0.39, 0.29) is 5.78 Å². The molecule has 0 saturated heterocycles. The summed E-state index contributed by atoms with van der Waals surface area (Å²) in [6.45, 7) is 2.13. The van der Waals surface area contributed by atoms with Crippen LogP contribution in [0.1, 0.15) is 19.8 Å². The van der Waals surface area contributed by atoms with Gasteiger partial charge in [-0.2, -0.15) is 0 Å². The number of rotatable bonds is 5. The summed E-state index contributed by atoms with van der Waals surface area (Å²) in [5.74, 6) is 0.962. The molecular formula is C11H11Br3O2. The highest BCUT2D eigenvalue weighted by molar-refractivity contribution is 9.11. The van der Waals surface area contributed by atoms with Crippen LogP contribution in [0.3, 0.4) is 0 Å². The summed E-state index contributed by atoms with van der Waals surface area (Å²) in [6, 6.07) is 3.84. The standard InChI is InChI=1S/C11H11Br3O2/c1-7(15)3-2-4-16-11-9(13)5-8(12)6-10(11)14/h5-6H,2-4H2,1H3. The Bertz CT molecular complexity index is 368. The van der Waals surface area contributed by atoms with Crippen LogP contribution in [0.25, 0.3) is 0 Å². The molecule has 5 heteroatoms. The Labute approximate surface area is 120 Å². The molecule has 16 heavy (non-hydrogen) atoms. The maximum absolute atomic E-state index is 10.8. The predicted molar refractivity (Wildman–Crippen MR) is 75.0 cm³/mol. The summed E-state index contributed by atoms with van der Waals surface area (Å²) in [5.41, 5.74) is 0.